The van der Waals surface area contributed by atoms with Gasteiger partial charge >= 0.3 is 0 Å². The van der Waals surface area contributed by atoms with Crippen LogP contribution in [0.25, 0.3) is 11.0 Å². The lowest BCUT2D eigenvalue weighted by molar-refractivity contribution is -0.880. The number of nitriles is 1. The van der Waals surface area contributed by atoms with E-state index in [-0.39, 0.29) is 5.91 Å². The molecule has 1 aromatic carbocycles. The lowest BCUT2D eigenvalue weighted by Crippen LogP contribution is -3.12. The van der Waals surface area contributed by atoms with Crippen LogP contribution in [0.2, 0.25) is 0 Å². The lowest BCUT2D eigenvalue weighted by Gasteiger charge is -2.32. The minimum atomic E-state index is -0.958. The van der Waals surface area contributed by atoms with Crippen molar-refractivity contribution in [3.8, 4) is 6.07 Å². The molecule has 1 aromatic heterocycles. The SMILES string of the molecule is CCCCCNC(=O)[C@@H](C#N)c1nc2ccccc2nc1N1CC[NH+](C)CC1. The van der Waals surface area contributed by atoms with Gasteiger partial charge in [0.2, 0.25) is 5.91 Å². The molecule has 7 heteroatoms. The molecule has 28 heavy (non-hydrogen) atoms. The molecule has 1 atom stereocenters. The number of piperazine rings is 1. The molecule has 1 aliphatic heterocycles. The normalized spacial score (nSPS) is 16.0. The minimum absolute atomic E-state index is 0.288. The molecule has 1 aliphatic rings. The fourth-order valence-corrected chi connectivity index (χ4v) is 3.46. The lowest BCUT2D eigenvalue weighted by atomic mass is 10.0. The van der Waals surface area contributed by atoms with E-state index in [0.29, 0.717) is 23.6 Å². The van der Waals surface area contributed by atoms with E-state index in [2.05, 4.69) is 30.3 Å². The van der Waals surface area contributed by atoms with Crippen molar-refractivity contribution in [1.82, 2.24) is 15.3 Å². The van der Waals surface area contributed by atoms with Gasteiger partial charge in [-0.25, -0.2) is 9.97 Å². The second kappa shape index (κ2) is 9.47. The molecule has 0 saturated carbocycles. The Hall–Kier alpha value is -2.72. The zero-order valence-electron chi connectivity index (χ0n) is 16.7. The second-order valence-electron chi connectivity index (χ2n) is 7.43. The Balaban J connectivity index is 1.93. The van der Waals surface area contributed by atoms with Crippen molar-refractivity contribution in [2.24, 2.45) is 0 Å². The predicted octanol–water partition coefficient (Wildman–Crippen LogP) is 0.878. The van der Waals surface area contributed by atoms with Gasteiger partial charge in [-0.3, -0.25) is 4.79 Å². The van der Waals surface area contributed by atoms with Crippen molar-refractivity contribution in [2.75, 3.05) is 44.7 Å². The first kappa shape index (κ1) is 20.0. The molecular formula is C21H29N6O+. The summed E-state index contributed by atoms with van der Waals surface area (Å²) in [5.74, 6) is -0.577. The van der Waals surface area contributed by atoms with E-state index in [1.807, 2.05) is 24.3 Å². The number of benzene rings is 1. The van der Waals surface area contributed by atoms with Crippen molar-refractivity contribution >= 4 is 22.8 Å². The van der Waals surface area contributed by atoms with Crippen LogP contribution in [0.1, 0.15) is 37.8 Å². The summed E-state index contributed by atoms with van der Waals surface area (Å²) < 4.78 is 0. The summed E-state index contributed by atoms with van der Waals surface area (Å²) in [4.78, 5) is 25.9. The van der Waals surface area contributed by atoms with Crippen molar-refractivity contribution in [3.63, 3.8) is 0 Å². The number of fused-ring (bicyclic) bond motifs is 1. The van der Waals surface area contributed by atoms with Crippen molar-refractivity contribution in [2.45, 2.75) is 32.1 Å². The van der Waals surface area contributed by atoms with Gasteiger partial charge in [0.15, 0.2) is 11.7 Å². The molecule has 0 bridgehead atoms. The first-order valence-corrected chi connectivity index (χ1v) is 10.1. The number of hydrogen-bond acceptors (Lipinski definition) is 5. The number of carbonyl (C=O) groups excluding carboxylic acids is 1. The topological polar surface area (TPSA) is 86.3 Å². The fraction of sp³-hybridized carbons (Fsp3) is 0.524. The van der Waals surface area contributed by atoms with Crippen LogP contribution < -0.4 is 15.1 Å². The number of likely N-dealkylation sites (N-methyl/N-ethyl adjacent to an activating group) is 1. The maximum atomic E-state index is 12.7. The summed E-state index contributed by atoms with van der Waals surface area (Å²) in [6.07, 6.45) is 3.06. The highest BCUT2D eigenvalue weighted by atomic mass is 16.1. The van der Waals surface area contributed by atoms with Crippen molar-refractivity contribution in [1.29, 1.82) is 5.26 Å². The number of rotatable bonds is 7. The number of hydrogen-bond donors (Lipinski definition) is 2. The number of nitrogens with zero attached hydrogens (tertiary/aromatic N) is 4. The number of quaternary nitrogens is 1. The quantitative estimate of drug-likeness (QED) is 0.696. The molecule has 0 unspecified atom stereocenters. The van der Waals surface area contributed by atoms with Gasteiger partial charge in [-0.2, -0.15) is 5.26 Å². The van der Waals surface area contributed by atoms with Gasteiger partial charge in [-0.05, 0) is 18.6 Å². The molecule has 0 spiro atoms. The Morgan fingerprint density at radius 2 is 1.93 bits per heavy atom. The number of unbranched alkanes of at least 4 members (excludes halogenated alkanes) is 2. The van der Waals surface area contributed by atoms with Crippen LogP contribution in [0.4, 0.5) is 5.82 Å². The van der Waals surface area contributed by atoms with Crippen LogP contribution in [0.15, 0.2) is 24.3 Å². The van der Waals surface area contributed by atoms with Gasteiger partial charge in [0.05, 0.1) is 50.3 Å². The number of para-hydroxylation sites is 2. The maximum absolute atomic E-state index is 12.7. The first-order chi connectivity index (χ1) is 13.6. The number of amides is 1. The summed E-state index contributed by atoms with van der Waals surface area (Å²) in [7, 11) is 2.17. The maximum Gasteiger partial charge on any atom is 0.243 e. The third-order valence-electron chi connectivity index (χ3n) is 5.24. The minimum Gasteiger partial charge on any atom is -0.355 e. The third-order valence-corrected chi connectivity index (χ3v) is 5.24. The highest BCUT2D eigenvalue weighted by Gasteiger charge is 2.30. The molecule has 2 N–H and O–H groups in total. The van der Waals surface area contributed by atoms with Gasteiger partial charge in [-0.15, -0.1) is 0 Å². The van der Waals surface area contributed by atoms with Gasteiger partial charge in [0, 0.05) is 6.54 Å². The molecule has 2 aromatic rings. The van der Waals surface area contributed by atoms with E-state index >= 15 is 0 Å². The van der Waals surface area contributed by atoms with E-state index in [1.165, 1.54) is 4.90 Å². The molecule has 2 heterocycles. The largest absolute Gasteiger partial charge is 0.355 e. The molecule has 3 rings (SSSR count). The zero-order valence-corrected chi connectivity index (χ0v) is 16.7. The van der Waals surface area contributed by atoms with Gasteiger partial charge in [-0.1, -0.05) is 31.9 Å². The Morgan fingerprint density at radius 3 is 2.57 bits per heavy atom. The molecule has 1 amide bonds. The summed E-state index contributed by atoms with van der Waals surface area (Å²) in [6.45, 7) is 6.36. The number of anilines is 1. The smallest absolute Gasteiger partial charge is 0.243 e. The molecule has 1 saturated heterocycles. The number of aromatic nitrogens is 2. The van der Waals surface area contributed by atoms with Crippen molar-refractivity contribution in [3.05, 3.63) is 30.0 Å². The van der Waals surface area contributed by atoms with Crippen LogP contribution in [-0.2, 0) is 4.79 Å². The molecule has 0 radical (unpaired) electrons. The van der Waals surface area contributed by atoms with E-state index in [1.54, 1.807) is 0 Å². The van der Waals surface area contributed by atoms with Gasteiger partial charge in [0.1, 0.15) is 5.69 Å². The second-order valence-corrected chi connectivity index (χ2v) is 7.43. The summed E-state index contributed by atoms with van der Waals surface area (Å²) in [6, 6.07) is 9.78. The summed E-state index contributed by atoms with van der Waals surface area (Å²) in [5.41, 5.74) is 1.96. The standard InChI is InChI=1S/C21H28N6O/c1-3-4-7-10-23-21(28)16(15-22)19-20(27-13-11-26(2)12-14-27)25-18-9-6-5-8-17(18)24-19/h5-6,8-9,16H,3-4,7,10-14H2,1-2H3,(H,23,28)/p+1/t16-/m0/s1. The molecular weight excluding hydrogens is 352 g/mol. The summed E-state index contributed by atoms with van der Waals surface area (Å²) >= 11 is 0. The Morgan fingerprint density at radius 1 is 1.25 bits per heavy atom. The van der Waals surface area contributed by atoms with Gasteiger partial charge in [0.25, 0.3) is 0 Å². The molecule has 1 fully saturated rings. The molecule has 0 aliphatic carbocycles. The third kappa shape index (κ3) is 4.57. The zero-order chi connectivity index (χ0) is 19.9. The summed E-state index contributed by atoms with van der Waals surface area (Å²) in [5, 5.41) is 12.7. The van der Waals surface area contributed by atoms with Crippen molar-refractivity contribution < 1.29 is 9.69 Å². The van der Waals surface area contributed by atoms with Crippen LogP contribution in [-0.4, -0.2) is 55.6 Å². The Labute approximate surface area is 166 Å². The van der Waals surface area contributed by atoms with E-state index in [4.69, 9.17) is 9.97 Å². The van der Waals surface area contributed by atoms with E-state index in [9.17, 15) is 10.1 Å². The average Bonchev–Trinajstić information content (AvgIpc) is 2.72. The number of carbonyl (C=O) groups is 1. The Kier molecular flexibility index (Phi) is 6.77. The van der Waals surface area contributed by atoms with Crippen LogP contribution >= 0.6 is 0 Å². The Bertz CT molecular complexity index is 854. The molecule has 148 valence electrons. The van der Waals surface area contributed by atoms with Crippen LogP contribution in [0, 0.1) is 11.3 Å². The van der Waals surface area contributed by atoms with E-state index < -0.39 is 5.92 Å². The monoisotopic (exact) mass is 381 g/mol. The fourth-order valence-electron chi connectivity index (χ4n) is 3.46. The average molecular weight is 382 g/mol. The number of nitrogens with one attached hydrogen (secondary N) is 2. The first-order valence-electron chi connectivity index (χ1n) is 10.1. The predicted molar refractivity (Wildman–Crippen MR) is 109 cm³/mol. The highest BCUT2D eigenvalue weighted by molar-refractivity contribution is 5.88. The van der Waals surface area contributed by atoms with Crippen LogP contribution in [0.3, 0.4) is 0 Å². The van der Waals surface area contributed by atoms with Gasteiger partial charge < -0.3 is 15.1 Å². The highest BCUT2D eigenvalue weighted by Crippen LogP contribution is 2.27. The van der Waals surface area contributed by atoms with Crippen LogP contribution in [0.5, 0.6) is 0 Å². The molecule has 7 nitrogen and oxygen atoms in total. The van der Waals surface area contributed by atoms with E-state index in [0.717, 1.165) is 51.0 Å².